The zero-order valence-electron chi connectivity index (χ0n) is 23.4. The smallest absolute Gasteiger partial charge is 0.0499 e. The number of benzene rings is 6. The summed E-state index contributed by atoms with van der Waals surface area (Å²) < 4.78 is 0. The molecule has 0 bridgehead atoms. The summed E-state index contributed by atoms with van der Waals surface area (Å²) in [7, 11) is 0. The highest BCUT2D eigenvalue weighted by Crippen LogP contribution is 2.43. The Bertz CT molecular complexity index is 1810. The van der Waals surface area contributed by atoms with Crippen molar-refractivity contribution in [3.05, 3.63) is 138 Å². The lowest BCUT2D eigenvalue weighted by atomic mass is 9.86. The monoisotopic (exact) mass is 517 g/mol. The Morgan fingerprint density at radius 3 is 1.88 bits per heavy atom. The first-order valence-electron chi connectivity index (χ1n) is 14.7. The van der Waals surface area contributed by atoms with E-state index in [1.165, 1.54) is 86.5 Å². The van der Waals surface area contributed by atoms with Gasteiger partial charge in [0.1, 0.15) is 0 Å². The summed E-state index contributed by atoms with van der Waals surface area (Å²) in [6, 6.07) is 44.9. The molecular weight excluding hydrogens is 482 g/mol. The van der Waals surface area contributed by atoms with Crippen LogP contribution in [0.4, 0.5) is 17.1 Å². The van der Waals surface area contributed by atoms with Gasteiger partial charge in [-0.05, 0) is 117 Å². The van der Waals surface area contributed by atoms with Crippen LogP contribution in [-0.4, -0.2) is 0 Å². The van der Waals surface area contributed by atoms with Crippen LogP contribution in [0.5, 0.6) is 0 Å². The molecule has 6 aromatic carbocycles. The Morgan fingerprint density at radius 2 is 1.15 bits per heavy atom. The summed E-state index contributed by atoms with van der Waals surface area (Å²) in [5.74, 6) is 0.441. The zero-order valence-corrected chi connectivity index (χ0v) is 23.4. The van der Waals surface area contributed by atoms with Gasteiger partial charge < -0.3 is 4.90 Å². The minimum absolute atomic E-state index is 0.441. The summed E-state index contributed by atoms with van der Waals surface area (Å²) >= 11 is 0. The molecule has 0 fully saturated rings. The van der Waals surface area contributed by atoms with Crippen molar-refractivity contribution in [2.24, 2.45) is 0 Å². The van der Waals surface area contributed by atoms with Gasteiger partial charge in [-0.15, -0.1) is 0 Å². The Labute approximate surface area is 237 Å². The molecular formula is C39H35N. The van der Waals surface area contributed by atoms with E-state index in [9.17, 15) is 0 Å². The van der Waals surface area contributed by atoms with Crippen molar-refractivity contribution in [3.8, 4) is 11.1 Å². The molecule has 0 N–H and O–H groups in total. The summed E-state index contributed by atoms with van der Waals surface area (Å²) in [4.78, 5) is 2.46. The summed E-state index contributed by atoms with van der Waals surface area (Å²) in [5, 5.41) is 5.19. The van der Waals surface area contributed by atoms with Crippen molar-refractivity contribution in [3.63, 3.8) is 0 Å². The van der Waals surface area contributed by atoms with E-state index in [4.69, 9.17) is 0 Å². The number of para-hydroxylation sites is 1. The third-order valence-corrected chi connectivity index (χ3v) is 8.57. The van der Waals surface area contributed by atoms with Crippen molar-refractivity contribution in [2.45, 2.75) is 45.4 Å². The molecule has 0 saturated carbocycles. The van der Waals surface area contributed by atoms with E-state index in [-0.39, 0.29) is 0 Å². The van der Waals surface area contributed by atoms with Crippen LogP contribution in [0.2, 0.25) is 0 Å². The van der Waals surface area contributed by atoms with Gasteiger partial charge in [0, 0.05) is 17.1 Å². The van der Waals surface area contributed by atoms with Crippen LogP contribution in [0, 0.1) is 0 Å². The Balaban J connectivity index is 1.38. The van der Waals surface area contributed by atoms with Gasteiger partial charge in [-0.2, -0.15) is 0 Å². The molecule has 1 heteroatoms. The van der Waals surface area contributed by atoms with E-state index in [0.717, 1.165) is 0 Å². The van der Waals surface area contributed by atoms with Crippen LogP contribution < -0.4 is 4.90 Å². The lowest BCUT2D eigenvalue weighted by Crippen LogP contribution is -2.15. The number of nitrogens with zero attached hydrogens (tertiary/aromatic N) is 1. The molecule has 7 rings (SSSR count). The maximum Gasteiger partial charge on any atom is 0.0499 e. The highest BCUT2D eigenvalue weighted by molar-refractivity contribution is 6.13. The second kappa shape index (κ2) is 10.3. The fourth-order valence-electron chi connectivity index (χ4n) is 6.54. The van der Waals surface area contributed by atoms with Crippen molar-refractivity contribution in [2.75, 3.05) is 4.90 Å². The van der Waals surface area contributed by atoms with Crippen LogP contribution in [-0.2, 0) is 12.8 Å². The number of hydrogen-bond donors (Lipinski definition) is 0. The quantitative estimate of drug-likeness (QED) is 0.206. The molecule has 0 saturated heterocycles. The van der Waals surface area contributed by atoms with Gasteiger partial charge in [0.2, 0.25) is 0 Å². The van der Waals surface area contributed by atoms with Crippen LogP contribution in [0.1, 0.15) is 49.3 Å². The normalized spacial score (nSPS) is 13.1. The molecule has 196 valence electrons. The lowest BCUT2D eigenvalue weighted by Gasteiger charge is -2.31. The minimum Gasteiger partial charge on any atom is -0.310 e. The van der Waals surface area contributed by atoms with Gasteiger partial charge >= 0.3 is 0 Å². The van der Waals surface area contributed by atoms with Crippen molar-refractivity contribution in [1.82, 2.24) is 0 Å². The molecule has 0 radical (unpaired) electrons. The molecule has 1 nitrogen and oxygen atoms in total. The van der Waals surface area contributed by atoms with E-state index in [2.05, 4.69) is 140 Å². The second-order valence-corrected chi connectivity index (χ2v) is 11.5. The van der Waals surface area contributed by atoms with Crippen molar-refractivity contribution < 1.29 is 0 Å². The van der Waals surface area contributed by atoms with Crippen molar-refractivity contribution in [1.29, 1.82) is 0 Å². The predicted molar refractivity (Wildman–Crippen MR) is 172 cm³/mol. The Morgan fingerprint density at radius 1 is 0.550 bits per heavy atom. The summed E-state index contributed by atoms with van der Waals surface area (Å²) in [6.07, 6.45) is 4.97. The third kappa shape index (κ3) is 4.36. The van der Waals surface area contributed by atoms with E-state index < -0.39 is 0 Å². The van der Waals surface area contributed by atoms with Gasteiger partial charge in [0.05, 0.1) is 0 Å². The molecule has 0 spiro atoms. The third-order valence-electron chi connectivity index (χ3n) is 8.57. The van der Waals surface area contributed by atoms with E-state index in [1.54, 1.807) is 5.56 Å². The average Bonchev–Trinajstić information content (AvgIpc) is 3.01. The molecule has 0 atom stereocenters. The van der Waals surface area contributed by atoms with Gasteiger partial charge in [0.25, 0.3) is 0 Å². The summed E-state index contributed by atoms with van der Waals surface area (Å²) in [6.45, 7) is 4.65. The molecule has 0 aliphatic heterocycles. The molecule has 40 heavy (non-hydrogen) atoms. The van der Waals surface area contributed by atoms with Gasteiger partial charge in [-0.25, -0.2) is 0 Å². The minimum atomic E-state index is 0.441. The molecule has 1 aliphatic carbocycles. The number of rotatable bonds is 5. The first-order chi connectivity index (χ1) is 19.7. The molecule has 0 unspecified atom stereocenters. The second-order valence-electron chi connectivity index (χ2n) is 11.5. The highest BCUT2D eigenvalue weighted by Gasteiger charge is 2.22. The van der Waals surface area contributed by atoms with Crippen LogP contribution in [0.3, 0.4) is 0 Å². The topological polar surface area (TPSA) is 3.24 Å². The van der Waals surface area contributed by atoms with Crippen LogP contribution >= 0.6 is 0 Å². The molecule has 1 aliphatic rings. The SMILES string of the molecule is CC(C)c1cc2c(cc1N(c1ccccc1)c1ccc(-c3cc4ccccc4c4ccccc34)cc1)CCCC2. The number of fused-ring (bicyclic) bond motifs is 4. The number of aryl methyl sites for hydroxylation is 2. The van der Waals surface area contributed by atoms with E-state index in [0.29, 0.717) is 5.92 Å². The fraction of sp³-hybridized carbons (Fsp3) is 0.179. The molecule has 0 aromatic heterocycles. The predicted octanol–water partition coefficient (Wildman–Crippen LogP) is 11.1. The number of hydrogen-bond acceptors (Lipinski definition) is 1. The Hall–Kier alpha value is -4.36. The molecule has 0 amide bonds. The fourth-order valence-corrected chi connectivity index (χ4v) is 6.54. The largest absolute Gasteiger partial charge is 0.310 e. The highest BCUT2D eigenvalue weighted by atomic mass is 15.1. The van der Waals surface area contributed by atoms with Crippen molar-refractivity contribution >= 4 is 38.6 Å². The van der Waals surface area contributed by atoms with Gasteiger partial charge in [0.15, 0.2) is 0 Å². The van der Waals surface area contributed by atoms with E-state index >= 15 is 0 Å². The molecule has 6 aromatic rings. The lowest BCUT2D eigenvalue weighted by molar-refractivity contribution is 0.682. The number of anilines is 3. The maximum atomic E-state index is 2.50. The first kappa shape index (κ1) is 24.7. The maximum absolute atomic E-state index is 2.50. The van der Waals surface area contributed by atoms with E-state index in [1.807, 2.05) is 0 Å². The van der Waals surface area contributed by atoms with Gasteiger partial charge in [-0.3, -0.25) is 0 Å². The summed E-state index contributed by atoms with van der Waals surface area (Å²) in [5.41, 5.74) is 10.7. The Kier molecular flexibility index (Phi) is 6.36. The molecule has 0 heterocycles. The van der Waals surface area contributed by atoms with Gasteiger partial charge in [-0.1, -0.05) is 98.8 Å². The van der Waals surface area contributed by atoms with Crippen LogP contribution in [0.25, 0.3) is 32.7 Å². The average molecular weight is 518 g/mol. The first-order valence-corrected chi connectivity index (χ1v) is 14.7. The van der Waals surface area contributed by atoms with Crippen LogP contribution in [0.15, 0.2) is 121 Å². The standard InChI is InChI=1S/C39H35N/c1-27(2)37-24-29-12-6-7-13-30(29)26-39(37)40(32-15-4-3-5-16-32)33-22-20-28(21-23-33)38-25-31-14-8-9-17-34(31)35-18-10-11-19-36(35)38/h3-5,8-11,14-27H,6-7,12-13H2,1-2H3. The zero-order chi connectivity index (χ0) is 27.1.